The van der Waals surface area contributed by atoms with Crippen LogP contribution in [-0.4, -0.2) is 4.98 Å². The maximum absolute atomic E-state index is 5.44. The molecule has 2 aromatic rings. The van der Waals surface area contributed by atoms with Crippen molar-refractivity contribution in [3.8, 4) is 11.3 Å². The molecule has 2 rings (SSSR count). The lowest BCUT2D eigenvalue weighted by atomic mass is 10.2. The SMILES string of the molecule is NSc1c[nH]c(-c2ccccc2)c1. The first kappa shape index (κ1) is 8.41. The van der Waals surface area contributed by atoms with Crippen LogP contribution in [-0.2, 0) is 0 Å². The molecule has 13 heavy (non-hydrogen) atoms. The van der Waals surface area contributed by atoms with Crippen LogP contribution in [0.1, 0.15) is 0 Å². The van der Waals surface area contributed by atoms with Crippen molar-refractivity contribution in [3.05, 3.63) is 42.6 Å². The zero-order valence-corrected chi connectivity index (χ0v) is 7.84. The Hall–Kier alpha value is -1.19. The summed E-state index contributed by atoms with van der Waals surface area (Å²) in [6.07, 6.45) is 1.91. The summed E-state index contributed by atoms with van der Waals surface area (Å²) in [7, 11) is 0. The highest BCUT2D eigenvalue weighted by molar-refractivity contribution is 7.97. The molecule has 3 heteroatoms. The molecule has 0 aliphatic heterocycles. The number of hydrogen-bond donors (Lipinski definition) is 2. The molecule has 0 unspecified atom stereocenters. The fourth-order valence-electron chi connectivity index (χ4n) is 1.23. The van der Waals surface area contributed by atoms with E-state index in [4.69, 9.17) is 5.14 Å². The maximum atomic E-state index is 5.44. The monoisotopic (exact) mass is 190 g/mol. The van der Waals surface area contributed by atoms with Gasteiger partial charge in [-0.1, -0.05) is 30.3 Å². The predicted octanol–water partition coefficient (Wildman–Crippen LogP) is 2.65. The van der Waals surface area contributed by atoms with E-state index in [0.29, 0.717) is 0 Å². The van der Waals surface area contributed by atoms with Crippen LogP contribution in [0.2, 0.25) is 0 Å². The number of nitrogens with two attached hydrogens (primary N) is 1. The molecule has 0 saturated heterocycles. The number of H-pyrrole nitrogens is 1. The first-order valence-corrected chi connectivity index (χ1v) is 4.88. The second-order valence-corrected chi connectivity index (χ2v) is 3.44. The van der Waals surface area contributed by atoms with Gasteiger partial charge in [-0.05, 0) is 23.6 Å². The summed E-state index contributed by atoms with van der Waals surface area (Å²) in [5.74, 6) is 0. The minimum absolute atomic E-state index is 1.05. The van der Waals surface area contributed by atoms with Gasteiger partial charge in [-0.25, -0.2) is 0 Å². The van der Waals surface area contributed by atoms with Gasteiger partial charge in [-0.15, -0.1) is 0 Å². The Labute approximate surface area is 81.3 Å². The van der Waals surface area contributed by atoms with Gasteiger partial charge in [0, 0.05) is 16.8 Å². The van der Waals surface area contributed by atoms with Crippen molar-refractivity contribution in [2.75, 3.05) is 0 Å². The van der Waals surface area contributed by atoms with E-state index in [1.165, 1.54) is 17.5 Å². The van der Waals surface area contributed by atoms with Crippen molar-refractivity contribution in [2.45, 2.75) is 4.90 Å². The summed E-state index contributed by atoms with van der Waals surface area (Å²) >= 11 is 1.25. The molecule has 0 amide bonds. The highest BCUT2D eigenvalue weighted by Gasteiger charge is 1.99. The minimum Gasteiger partial charge on any atom is -0.360 e. The first-order chi connectivity index (χ1) is 6.40. The summed E-state index contributed by atoms with van der Waals surface area (Å²) < 4.78 is 0. The Kier molecular flexibility index (Phi) is 2.38. The van der Waals surface area contributed by atoms with E-state index in [1.54, 1.807) is 0 Å². The Morgan fingerprint density at radius 2 is 1.92 bits per heavy atom. The average Bonchev–Trinajstić information content (AvgIpc) is 2.67. The molecule has 0 saturated carbocycles. The van der Waals surface area contributed by atoms with Crippen LogP contribution in [0.4, 0.5) is 0 Å². The van der Waals surface area contributed by atoms with Crippen molar-refractivity contribution >= 4 is 11.9 Å². The average molecular weight is 190 g/mol. The second kappa shape index (κ2) is 3.68. The Morgan fingerprint density at radius 1 is 1.15 bits per heavy atom. The topological polar surface area (TPSA) is 41.8 Å². The number of aromatic amines is 1. The molecule has 0 aliphatic carbocycles. The number of rotatable bonds is 2. The lowest BCUT2D eigenvalue weighted by Crippen LogP contribution is -1.74. The number of hydrogen-bond acceptors (Lipinski definition) is 2. The molecular weight excluding hydrogens is 180 g/mol. The van der Waals surface area contributed by atoms with Crippen molar-refractivity contribution < 1.29 is 0 Å². The minimum atomic E-state index is 1.05. The van der Waals surface area contributed by atoms with E-state index in [-0.39, 0.29) is 0 Å². The van der Waals surface area contributed by atoms with Crippen LogP contribution < -0.4 is 5.14 Å². The number of aromatic nitrogens is 1. The van der Waals surface area contributed by atoms with Crippen molar-refractivity contribution in [1.82, 2.24) is 4.98 Å². The summed E-state index contributed by atoms with van der Waals surface area (Å²) in [6, 6.07) is 12.2. The summed E-state index contributed by atoms with van der Waals surface area (Å²) in [4.78, 5) is 4.23. The molecule has 0 spiro atoms. The molecule has 2 nitrogen and oxygen atoms in total. The smallest absolute Gasteiger partial charge is 0.0465 e. The molecule has 0 atom stereocenters. The van der Waals surface area contributed by atoms with Crippen LogP contribution in [0.15, 0.2) is 47.5 Å². The first-order valence-electron chi connectivity index (χ1n) is 4.01. The number of benzene rings is 1. The Balaban J connectivity index is 2.36. The fourth-order valence-corrected chi connectivity index (χ4v) is 1.54. The lowest BCUT2D eigenvalue weighted by molar-refractivity contribution is 1.37. The zero-order valence-electron chi connectivity index (χ0n) is 7.03. The molecule has 1 aromatic carbocycles. The highest BCUT2D eigenvalue weighted by Crippen LogP contribution is 2.21. The van der Waals surface area contributed by atoms with Gasteiger partial charge in [0.2, 0.25) is 0 Å². The van der Waals surface area contributed by atoms with Gasteiger partial charge in [-0.2, -0.15) is 0 Å². The Morgan fingerprint density at radius 3 is 2.54 bits per heavy atom. The van der Waals surface area contributed by atoms with Gasteiger partial charge < -0.3 is 4.98 Å². The summed E-state index contributed by atoms with van der Waals surface area (Å²) in [5, 5.41) is 5.44. The van der Waals surface area contributed by atoms with E-state index in [2.05, 4.69) is 17.1 Å². The fraction of sp³-hybridized carbons (Fsp3) is 0. The highest BCUT2D eigenvalue weighted by atomic mass is 32.2. The molecule has 0 fully saturated rings. The van der Waals surface area contributed by atoms with Gasteiger partial charge in [-0.3, -0.25) is 5.14 Å². The predicted molar refractivity (Wildman–Crippen MR) is 56.3 cm³/mol. The van der Waals surface area contributed by atoms with E-state index in [0.717, 1.165) is 10.6 Å². The molecule has 0 radical (unpaired) electrons. The van der Waals surface area contributed by atoms with Crippen LogP contribution in [0.3, 0.4) is 0 Å². The van der Waals surface area contributed by atoms with E-state index in [9.17, 15) is 0 Å². The van der Waals surface area contributed by atoms with Gasteiger partial charge in [0.05, 0.1) is 0 Å². The maximum Gasteiger partial charge on any atom is 0.0465 e. The van der Waals surface area contributed by atoms with E-state index >= 15 is 0 Å². The van der Waals surface area contributed by atoms with E-state index in [1.807, 2.05) is 30.5 Å². The van der Waals surface area contributed by atoms with Crippen LogP contribution in [0.5, 0.6) is 0 Å². The molecule has 0 aliphatic rings. The second-order valence-electron chi connectivity index (χ2n) is 2.73. The largest absolute Gasteiger partial charge is 0.360 e. The van der Waals surface area contributed by atoms with Crippen molar-refractivity contribution in [2.24, 2.45) is 5.14 Å². The Bertz CT molecular complexity index is 381. The van der Waals surface area contributed by atoms with Gasteiger partial charge in [0.1, 0.15) is 0 Å². The third kappa shape index (κ3) is 1.76. The van der Waals surface area contributed by atoms with Gasteiger partial charge in [0.25, 0.3) is 0 Å². The third-order valence-corrected chi connectivity index (χ3v) is 2.39. The van der Waals surface area contributed by atoms with Gasteiger partial charge in [0.15, 0.2) is 0 Å². The summed E-state index contributed by atoms with van der Waals surface area (Å²) in [5.41, 5.74) is 2.29. The molecule has 3 N–H and O–H groups in total. The lowest BCUT2D eigenvalue weighted by Gasteiger charge is -1.94. The van der Waals surface area contributed by atoms with Gasteiger partial charge >= 0.3 is 0 Å². The molecule has 0 bridgehead atoms. The van der Waals surface area contributed by atoms with Crippen molar-refractivity contribution in [1.29, 1.82) is 0 Å². The zero-order chi connectivity index (χ0) is 9.10. The molecule has 1 aromatic heterocycles. The summed E-state index contributed by atoms with van der Waals surface area (Å²) in [6.45, 7) is 0. The quantitative estimate of drug-likeness (QED) is 0.715. The van der Waals surface area contributed by atoms with Crippen molar-refractivity contribution in [3.63, 3.8) is 0 Å². The standard InChI is InChI=1S/C10H10N2S/c11-13-9-6-10(12-7-9)8-4-2-1-3-5-8/h1-7,12H,11H2. The van der Waals surface area contributed by atoms with Crippen LogP contribution in [0, 0.1) is 0 Å². The number of nitrogens with one attached hydrogen (secondary N) is 1. The third-order valence-electron chi connectivity index (χ3n) is 1.88. The molecule has 1 heterocycles. The normalized spacial score (nSPS) is 10.2. The molecular formula is C10H10N2S. The molecule has 66 valence electrons. The van der Waals surface area contributed by atoms with E-state index < -0.39 is 0 Å². The van der Waals surface area contributed by atoms with Crippen LogP contribution in [0.25, 0.3) is 11.3 Å². The van der Waals surface area contributed by atoms with Crippen LogP contribution >= 0.6 is 11.9 Å².